The zero-order valence-corrected chi connectivity index (χ0v) is 21.8. The van der Waals surface area contributed by atoms with Crippen molar-refractivity contribution in [3.63, 3.8) is 0 Å². The second-order valence-electron chi connectivity index (χ2n) is 11.3. The van der Waals surface area contributed by atoms with Gasteiger partial charge in [-0.2, -0.15) is 0 Å². The minimum Gasteiger partial charge on any atom is -0.454 e. The Hall–Kier alpha value is -2.11. The number of benzene rings is 2. The third-order valence-electron chi connectivity index (χ3n) is 8.70. The van der Waals surface area contributed by atoms with Crippen molar-refractivity contribution in [1.82, 2.24) is 0 Å². The first-order chi connectivity index (χ1) is 17.9. The molecule has 2 aliphatic carbocycles. The van der Waals surface area contributed by atoms with E-state index < -0.39 is 29.1 Å². The summed E-state index contributed by atoms with van der Waals surface area (Å²) in [6, 6.07) is 3.50. The van der Waals surface area contributed by atoms with Gasteiger partial charge in [-0.15, -0.1) is 0 Å². The molecule has 0 amide bonds. The van der Waals surface area contributed by atoms with Gasteiger partial charge in [0, 0.05) is 17.7 Å². The summed E-state index contributed by atoms with van der Waals surface area (Å²) < 4.78 is 75.5. The van der Waals surface area contributed by atoms with E-state index in [1.165, 1.54) is 64.2 Å². The minimum absolute atomic E-state index is 0.0274. The van der Waals surface area contributed by atoms with Crippen LogP contribution >= 0.6 is 0 Å². The van der Waals surface area contributed by atoms with Crippen LogP contribution in [0.4, 0.5) is 22.0 Å². The van der Waals surface area contributed by atoms with Crippen molar-refractivity contribution in [3.05, 3.63) is 58.9 Å². The van der Waals surface area contributed by atoms with E-state index in [-0.39, 0.29) is 23.0 Å². The van der Waals surface area contributed by atoms with Crippen LogP contribution in [0, 0.1) is 46.8 Å². The molecule has 0 spiro atoms. The van der Waals surface area contributed by atoms with E-state index in [1.807, 2.05) is 0 Å². The topological polar surface area (TPSA) is 9.23 Å². The van der Waals surface area contributed by atoms with Crippen molar-refractivity contribution in [2.24, 2.45) is 17.8 Å². The molecule has 0 unspecified atom stereocenters. The molecule has 1 nitrogen and oxygen atoms in total. The largest absolute Gasteiger partial charge is 0.454 e. The van der Waals surface area contributed by atoms with E-state index in [2.05, 4.69) is 6.92 Å². The Bertz CT molecular complexity index is 999. The van der Waals surface area contributed by atoms with E-state index in [0.29, 0.717) is 30.9 Å². The summed E-state index contributed by atoms with van der Waals surface area (Å²) in [5.41, 5.74) is -0.0274. The van der Waals surface area contributed by atoms with Crippen LogP contribution in [0.25, 0.3) is 0 Å². The molecule has 0 N–H and O–H groups in total. The van der Waals surface area contributed by atoms with Gasteiger partial charge in [-0.1, -0.05) is 71.1 Å². The van der Waals surface area contributed by atoms with Gasteiger partial charge in [-0.3, -0.25) is 0 Å². The van der Waals surface area contributed by atoms with Crippen LogP contribution in [-0.2, 0) is 0 Å². The molecule has 0 atom stereocenters. The van der Waals surface area contributed by atoms with Crippen molar-refractivity contribution in [1.29, 1.82) is 0 Å². The molecular formula is C31H39F5O. The fourth-order valence-corrected chi connectivity index (χ4v) is 6.42. The number of ether oxygens (including phenoxy) is 1. The molecule has 0 heterocycles. The van der Waals surface area contributed by atoms with Crippen LogP contribution in [0.5, 0.6) is 11.5 Å². The molecule has 2 aliphatic rings. The van der Waals surface area contributed by atoms with E-state index in [0.717, 1.165) is 36.8 Å². The van der Waals surface area contributed by atoms with Gasteiger partial charge < -0.3 is 4.74 Å². The Kier molecular flexibility index (Phi) is 9.89. The van der Waals surface area contributed by atoms with Gasteiger partial charge in [0.25, 0.3) is 0 Å². The second kappa shape index (κ2) is 13.1. The molecule has 2 aromatic rings. The van der Waals surface area contributed by atoms with Crippen LogP contribution in [0.1, 0.15) is 108 Å². The van der Waals surface area contributed by atoms with Gasteiger partial charge in [0.15, 0.2) is 29.0 Å². The predicted octanol–water partition coefficient (Wildman–Crippen LogP) is 10.6. The lowest BCUT2D eigenvalue weighted by atomic mass is 9.73. The maximum atomic E-state index is 15.3. The standard InChI is InChI=1S/C31H39F5O/c1-2-3-4-5-20-6-8-21(9-7-20)10-11-22-12-14-23(15-13-22)29-25(32)16-17-28(31(29)36)37-24-18-26(33)30(35)27(34)19-24/h16-23H,2-15H2,1H3. The number of hydrogen-bond donors (Lipinski definition) is 0. The van der Waals surface area contributed by atoms with Crippen LogP contribution < -0.4 is 4.74 Å². The average Bonchev–Trinajstić information content (AvgIpc) is 2.89. The summed E-state index contributed by atoms with van der Waals surface area (Å²) in [7, 11) is 0. The summed E-state index contributed by atoms with van der Waals surface area (Å²) >= 11 is 0. The minimum atomic E-state index is -1.63. The second-order valence-corrected chi connectivity index (χ2v) is 11.3. The van der Waals surface area contributed by atoms with Gasteiger partial charge in [-0.05, 0) is 61.5 Å². The summed E-state index contributed by atoms with van der Waals surface area (Å²) in [5.74, 6) is -4.62. The van der Waals surface area contributed by atoms with E-state index in [9.17, 15) is 17.6 Å². The zero-order chi connectivity index (χ0) is 26.4. The lowest BCUT2D eigenvalue weighted by molar-refractivity contribution is 0.221. The van der Waals surface area contributed by atoms with Crippen molar-refractivity contribution in [3.8, 4) is 11.5 Å². The molecule has 2 fully saturated rings. The van der Waals surface area contributed by atoms with Gasteiger partial charge in [-0.25, -0.2) is 22.0 Å². The van der Waals surface area contributed by atoms with E-state index >= 15 is 4.39 Å². The van der Waals surface area contributed by atoms with Gasteiger partial charge in [0.2, 0.25) is 0 Å². The first kappa shape index (κ1) is 27.9. The first-order valence-corrected chi connectivity index (χ1v) is 14.2. The molecule has 4 rings (SSSR count). The third kappa shape index (κ3) is 7.26. The molecule has 0 aliphatic heterocycles. The molecule has 204 valence electrons. The highest BCUT2D eigenvalue weighted by molar-refractivity contribution is 5.38. The molecule has 0 saturated heterocycles. The summed E-state index contributed by atoms with van der Waals surface area (Å²) in [5, 5.41) is 0. The highest BCUT2D eigenvalue weighted by Crippen LogP contribution is 2.43. The Morgan fingerprint density at radius 3 is 1.76 bits per heavy atom. The lowest BCUT2D eigenvalue weighted by Gasteiger charge is -2.32. The Morgan fingerprint density at radius 2 is 1.19 bits per heavy atom. The Labute approximate surface area is 217 Å². The maximum Gasteiger partial charge on any atom is 0.194 e. The molecule has 6 heteroatoms. The molecule has 37 heavy (non-hydrogen) atoms. The molecule has 2 saturated carbocycles. The molecule has 0 aromatic heterocycles. The number of hydrogen-bond acceptors (Lipinski definition) is 1. The summed E-state index contributed by atoms with van der Waals surface area (Å²) in [6.45, 7) is 2.26. The number of rotatable bonds is 10. The number of halogens is 5. The quantitative estimate of drug-likeness (QED) is 0.171. The molecule has 2 aromatic carbocycles. The molecular weight excluding hydrogens is 483 g/mol. The third-order valence-corrected chi connectivity index (χ3v) is 8.70. The molecule has 0 bridgehead atoms. The molecule has 0 radical (unpaired) electrons. The zero-order valence-electron chi connectivity index (χ0n) is 21.8. The van der Waals surface area contributed by atoms with Crippen molar-refractivity contribution in [2.75, 3.05) is 0 Å². The fourth-order valence-electron chi connectivity index (χ4n) is 6.42. The van der Waals surface area contributed by atoms with E-state index in [4.69, 9.17) is 4.74 Å². The summed E-state index contributed by atoms with van der Waals surface area (Å²) in [6.07, 6.45) is 16.6. The highest BCUT2D eigenvalue weighted by atomic mass is 19.2. The van der Waals surface area contributed by atoms with Gasteiger partial charge in [0.05, 0.1) is 0 Å². The van der Waals surface area contributed by atoms with Crippen LogP contribution in [0.2, 0.25) is 0 Å². The van der Waals surface area contributed by atoms with Crippen molar-refractivity contribution < 1.29 is 26.7 Å². The predicted molar refractivity (Wildman–Crippen MR) is 136 cm³/mol. The SMILES string of the molecule is CCCCCC1CCC(CCC2CCC(c3c(F)ccc(Oc4cc(F)c(F)c(F)c4)c3F)CC2)CC1. The van der Waals surface area contributed by atoms with Crippen LogP contribution in [0.15, 0.2) is 24.3 Å². The van der Waals surface area contributed by atoms with Gasteiger partial charge >= 0.3 is 0 Å². The lowest BCUT2D eigenvalue weighted by Crippen LogP contribution is -2.18. The van der Waals surface area contributed by atoms with Crippen molar-refractivity contribution in [2.45, 2.75) is 103 Å². The first-order valence-electron chi connectivity index (χ1n) is 14.2. The fraction of sp³-hybridized carbons (Fsp3) is 0.613. The van der Waals surface area contributed by atoms with Crippen LogP contribution in [0.3, 0.4) is 0 Å². The smallest absolute Gasteiger partial charge is 0.194 e. The highest BCUT2D eigenvalue weighted by Gasteiger charge is 2.29. The summed E-state index contributed by atoms with van der Waals surface area (Å²) in [4.78, 5) is 0. The Morgan fingerprint density at radius 1 is 0.649 bits per heavy atom. The van der Waals surface area contributed by atoms with Gasteiger partial charge in [0.1, 0.15) is 11.6 Å². The monoisotopic (exact) mass is 522 g/mol. The van der Waals surface area contributed by atoms with Crippen LogP contribution in [-0.4, -0.2) is 0 Å². The Balaban J connectivity index is 1.28. The average molecular weight is 523 g/mol. The normalized spacial score (nSPS) is 24.3. The van der Waals surface area contributed by atoms with E-state index in [1.54, 1.807) is 0 Å². The van der Waals surface area contributed by atoms with Crippen molar-refractivity contribution >= 4 is 0 Å². The maximum absolute atomic E-state index is 15.3. The number of unbranched alkanes of at least 4 members (excludes halogenated alkanes) is 2.